The average molecular weight is 306 g/mol. The summed E-state index contributed by atoms with van der Waals surface area (Å²) >= 11 is 0. The van der Waals surface area contributed by atoms with Crippen LogP contribution in [0, 0.1) is 29.4 Å². The Hall–Kier alpha value is -2.15. The summed E-state index contributed by atoms with van der Waals surface area (Å²) in [5.41, 5.74) is -0.0601. The fourth-order valence-electron chi connectivity index (χ4n) is 1.96. The lowest BCUT2D eigenvalue weighted by Crippen LogP contribution is -2.25. The zero-order chi connectivity index (χ0) is 16.7. The zero-order valence-electron chi connectivity index (χ0n) is 13.1. The Labute approximate surface area is 130 Å². The van der Waals surface area contributed by atoms with Gasteiger partial charge >= 0.3 is 5.97 Å². The normalized spacial score (nSPS) is 12.8. The summed E-state index contributed by atoms with van der Waals surface area (Å²) < 4.78 is 32.5. The average Bonchev–Trinajstić information content (AvgIpc) is 2.43. The Morgan fingerprint density at radius 1 is 1.36 bits per heavy atom. The van der Waals surface area contributed by atoms with Crippen molar-refractivity contribution in [3.05, 3.63) is 47.5 Å². The molecule has 1 rings (SSSR count). The minimum Gasteiger partial charge on any atom is -0.445 e. The van der Waals surface area contributed by atoms with E-state index < -0.39 is 29.3 Å². The van der Waals surface area contributed by atoms with Gasteiger partial charge in [0.2, 0.25) is 0 Å². The van der Waals surface area contributed by atoms with Crippen molar-refractivity contribution in [2.24, 2.45) is 5.92 Å². The molecule has 0 heterocycles. The number of esters is 1. The molecule has 0 amide bonds. The first-order chi connectivity index (χ1) is 10.4. The molecular weight excluding hydrogens is 286 g/mol. The van der Waals surface area contributed by atoms with Gasteiger partial charge in [-0.2, -0.15) is 0 Å². The van der Waals surface area contributed by atoms with Crippen molar-refractivity contribution in [1.29, 1.82) is 0 Å². The lowest BCUT2D eigenvalue weighted by molar-refractivity contribution is 0.0294. The maximum absolute atomic E-state index is 13.6. The molecule has 0 aliphatic carbocycles. The van der Waals surface area contributed by atoms with E-state index in [0.29, 0.717) is 5.57 Å². The number of halogens is 2. The lowest BCUT2D eigenvalue weighted by Gasteiger charge is -2.19. The summed E-state index contributed by atoms with van der Waals surface area (Å²) in [6, 6.07) is 3.23. The van der Waals surface area contributed by atoms with Crippen molar-refractivity contribution in [2.75, 3.05) is 0 Å². The molecule has 0 saturated carbocycles. The summed E-state index contributed by atoms with van der Waals surface area (Å²) in [7, 11) is 0. The van der Waals surface area contributed by atoms with E-state index in [2.05, 4.69) is 18.4 Å². The van der Waals surface area contributed by atoms with Crippen LogP contribution in [0.4, 0.5) is 8.78 Å². The fourth-order valence-corrected chi connectivity index (χ4v) is 1.96. The van der Waals surface area contributed by atoms with E-state index in [-0.39, 0.29) is 5.92 Å². The molecule has 0 fully saturated rings. The first-order valence-corrected chi connectivity index (χ1v) is 7.18. The van der Waals surface area contributed by atoms with Gasteiger partial charge in [-0.15, -0.1) is 0 Å². The number of carbonyl (C=O) groups excluding carboxylic acids is 1. The van der Waals surface area contributed by atoms with E-state index >= 15 is 0 Å². The fraction of sp³-hybridized carbons (Fsp3) is 0.389. The number of hydrogen-bond acceptors (Lipinski definition) is 2. The Morgan fingerprint density at radius 3 is 2.45 bits per heavy atom. The van der Waals surface area contributed by atoms with Gasteiger partial charge in [-0.05, 0) is 31.1 Å². The van der Waals surface area contributed by atoms with Crippen molar-refractivity contribution < 1.29 is 18.3 Å². The zero-order valence-corrected chi connectivity index (χ0v) is 13.1. The summed E-state index contributed by atoms with van der Waals surface area (Å²) in [5, 5.41) is 0. The Kier molecular flexibility index (Phi) is 6.78. The van der Waals surface area contributed by atoms with Crippen LogP contribution >= 0.6 is 0 Å². The molecule has 0 radical (unpaired) electrons. The minimum atomic E-state index is -1.04. The summed E-state index contributed by atoms with van der Waals surface area (Å²) in [4.78, 5) is 12.1. The van der Waals surface area contributed by atoms with E-state index in [4.69, 9.17) is 4.74 Å². The third kappa shape index (κ3) is 5.00. The van der Waals surface area contributed by atoms with Crippen molar-refractivity contribution in [3.63, 3.8) is 0 Å². The Balaban J connectivity index is 3.01. The molecule has 0 aliphatic heterocycles. The molecule has 0 bridgehead atoms. The van der Waals surface area contributed by atoms with Gasteiger partial charge in [0.1, 0.15) is 17.2 Å². The standard InChI is InChI=1S/C18H20F2O2/c1-5-7-13(4)16(11-10-12(2)3)22-18(21)17-14(19)8-6-9-15(17)20/h6,8-9,13,16H,2,5,7H2,1,3-4H3. The van der Waals surface area contributed by atoms with Crippen molar-refractivity contribution in [2.45, 2.75) is 39.7 Å². The highest BCUT2D eigenvalue weighted by Gasteiger charge is 2.24. The number of benzene rings is 1. The van der Waals surface area contributed by atoms with Gasteiger partial charge in [-0.1, -0.05) is 44.8 Å². The van der Waals surface area contributed by atoms with Crippen LogP contribution in [0.2, 0.25) is 0 Å². The summed E-state index contributed by atoms with van der Waals surface area (Å²) in [6.45, 7) is 9.27. The second-order valence-corrected chi connectivity index (χ2v) is 5.24. The van der Waals surface area contributed by atoms with Crippen LogP contribution in [0.3, 0.4) is 0 Å². The van der Waals surface area contributed by atoms with Gasteiger partial charge in [0.05, 0.1) is 0 Å². The number of hydrogen-bond donors (Lipinski definition) is 0. The van der Waals surface area contributed by atoms with Crippen LogP contribution in [0.25, 0.3) is 0 Å². The van der Waals surface area contributed by atoms with Crippen LogP contribution < -0.4 is 0 Å². The molecule has 2 atom stereocenters. The highest BCUT2D eigenvalue weighted by atomic mass is 19.1. The van der Waals surface area contributed by atoms with Crippen LogP contribution in [0.5, 0.6) is 0 Å². The number of allylic oxidation sites excluding steroid dienone is 1. The van der Waals surface area contributed by atoms with Gasteiger partial charge in [-0.3, -0.25) is 0 Å². The Bertz CT molecular complexity index is 591. The molecule has 1 aromatic carbocycles. The maximum atomic E-state index is 13.6. The van der Waals surface area contributed by atoms with E-state index in [1.807, 2.05) is 13.8 Å². The second kappa shape index (κ2) is 8.33. The molecular formula is C18H20F2O2. The first-order valence-electron chi connectivity index (χ1n) is 7.18. The van der Waals surface area contributed by atoms with Crippen LogP contribution in [-0.2, 0) is 4.74 Å². The van der Waals surface area contributed by atoms with E-state index in [1.54, 1.807) is 6.92 Å². The Morgan fingerprint density at radius 2 is 1.95 bits per heavy atom. The molecule has 0 spiro atoms. The van der Waals surface area contributed by atoms with Crippen molar-refractivity contribution >= 4 is 5.97 Å². The predicted octanol–water partition coefficient (Wildman–Crippen LogP) is 4.51. The molecule has 1 aromatic rings. The molecule has 0 aliphatic rings. The van der Waals surface area contributed by atoms with Crippen molar-refractivity contribution in [3.8, 4) is 11.8 Å². The number of rotatable bonds is 5. The minimum absolute atomic E-state index is 0.0457. The van der Waals surface area contributed by atoms with Gasteiger partial charge in [0, 0.05) is 5.92 Å². The topological polar surface area (TPSA) is 26.3 Å². The molecule has 2 unspecified atom stereocenters. The first kappa shape index (κ1) is 17.9. The third-order valence-electron chi connectivity index (χ3n) is 3.09. The van der Waals surface area contributed by atoms with E-state index in [9.17, 15) is 13.6 Å². The maximum Gasteiger partial charge on any atom is 0.345 e. The van der Waals surface area contributed by atoms with Crippen LogP contribution in [0.1, 0.15) is 44.0 Å². The molecule has 0 N–H and O–H groups in total. The van der Waals surface area contributed by atoms with Gasteiger partial charge in [0.25, 0.3) is 0 Å². The van der Waals surface area contributed by atoms with Crippen molar-refractivity contribution in [1.82, 2.24) is 0 Å². The second-order valence-electron chi connectivity index (χ2n) is 5.24. The highest BCUT2D eigenvalue weighted by molar-refractivity contribution is 5.90. The lowest BCUT2D eigenvalue weighted by atomic mass is 9.99. The van der Waals surface area contributed by atoms with Crippen LogP contribution in [-0.4, -0.2) is 12.1 Å². The molecule has 118 valence electrons. The van der Waals surface area contributed by atoms with E-state index in [1.165, 1.54) is 6.07 Å². The van der Waals surface area contributed by atoms with Crippen LogP contribution in [0.15, 0.2) is 30.4 Å². The van der Waals surface area contributed by atoms with Gasteiger partial charge in [-0.25, -0.2) is 13.6 Å². The highest BCUT2D eigenvalue weighted by Crippen LogP contribution is 2.18. The third-order valence-corrected chi connectivity index (χ3v) is 3.09. The largest absolute Gasteiger partial charge is 0.445 e. The number of ether oxygens (including phenoxy) is 1. The summed E-state index contributed by atoms with van der Waals surface area (Å²) in [5.74, 6) is 2.59. The molecule has 2 nitrogen and oxygen atoms in total. The van der Waals surface area contributed by atoms with E-state index in [0.717, 1.165) is 25.0 Å². The molecule has 22 heavy (non-hydrogen) atoms. The smallest absolute Gasteiger partial charge is 0.345 e. The van der Waals surface area contributed by atoms with Gasteiger partial charge in [0.15, 0.2) is 6.10 Å². The quantitative estimate of drug-likeness (QED) is 0.591. The predicted molar refractivity (Wildman–Crippen MR) is 82.2 cm³/mol. The molecule has 4 heteroatoms. The molecule has 0 saturated heterocycles. The van der Waals surface area contributed by atoms with Gasteiger partial charge < -0.3 is 4.74 Å². The SMILES string of the molecule is C=C(C)C#CC(OC(=O)c1c(F)cccc1F)C(C)CCC. The summed E-state index contributed by atoms with van der Waals surface area (Å²) in [6.07, 6.45) is 0.934. The number of carbonyl (C=O) groups is 1. The monoisotopic (exact) mass is 306 g/mol. The molecule has 0 aromatic heterocycles.